The maximum atomic E-state index is 5.96. The minimum atomic E-state index is 0.143. The van der Waals surface area contributed by atoms with Crippen LogP contribution in [0.5, 0.6) is 5.75 Å². The Morgan fingerprint density at radius 3 is 3.00 bits per heavy atom. The second-order valence-electron chi connectivity index (χ2n) is 3.31. The topological polar surface area (TPSA) is 35.2 Å². The van der Waals surface area contributed by atoms with Crippen LogP contribution in [0.2, 0.25) is 0 Å². The molecule has 64 valence electrons. The molecule has 2 rings (SSSR count). The Labute approximate surface area is 72.3 Å². The number of hydrogen-bond donors (Lipinski definition) is 1. The van der Waals surface area contributed by atoms with Crippen LogP contribution in [0.3, 0.4) is 0 Å². The predicted octanol–water partition coefficient (Wildman–Crippen LogP) is 1.86. The van der Waals surface area contributed by atoms with E-state index < -0.39 is 0 Å². The first kappa shape index (κ1) is 7.62. The molecule has 1 aromatic carbocycles. The summed E-state index contributed by atoms with van der Waals surface area (Å²) >= 11 is 0. The van der Waals surface area contributed by atoms with E-state index in [9.17, 15) is 0 Å². The highest BCUT2D eigenvalue weighted by molar-refractivity contribution is 5.37. The van der Waals surface area contributed by atoms with E-state index in [1.807, 2.05) is 24.3 Å². The molecule has 2 N–H and O–H groups in total. The van der Waals surface area contributed by atoms with Gasteiger partial charge in [-0.05, 0) is 13.0 Å². The lowest BCUT2D eigenvalue weighted by molar-refractivity contribution is 0.177. The average Bonchev–Trinajstić information content (AvgIpc) is 2.04. The molecular weight excluding hydrogens is 150 g/mol. The van der Waals surface area contributed by atoms with E-state index in [0.717, 1.165) is 17.7 Å². The molecule has 0 aliphatic carbocycles. The molecular formula is C10H13NO. The fourth-order valence-electron chi connectivity index (χ4n) is 1.64. The Bertz CT molecular complexity index is 285. The van der Waals surface area contributed by atoms with Gasteiger partial charge in [-0.1, -0.05) is 18.2 Å². The normalized spacial score (nSPS) is 27.5. The summed E-state index contributed by atoms with van der Waals surface area (Å²) in [4.78, 5) is 0. The maximum absolute atomic E-state index is 5.96. The SMILES string of the molecule is C[C@H]1C[C@@H](N)c2ccccc2O1. The van der Waals surface area contributed by atoms with Gasteiger partial charge < -0.3 is 10.5 Å². The second-order valence-corrected chi connectivity index (χ2v) is 3.31. The van der Waals surface area contributed by atoms with E-state index in [-0.39, 0.29) is 12.1 Å². The van der Waals surface area contributed by atoms with Crippen molar-refractivity contribution in [2.45, 2.75) is 25.5 Å². The maximum Gasteiger partial charge on any atom is 0.124 e. The van der Waals surface area contributed by atoms with Crippen LogP contribution in [-0.2, 0) is 0 Å². The summed E-state index contributed by atoms with van der Waals surface area (Å²) in [6.45, 7) is 2.05. The van der Waals surface area contributed by atoms with Crippen molar-refractivity contribution >= 4 is 0 Å². The highest BCUT2D eigenvalue weighted by Gasteiger charge is 2.21. The van der Waals surface area contributed by atoms with Crippen LogP contribution in [0.4, 0.5) is 0 Å². The van der Waals surface area contributed by atoms with Crippen molar-refractivity contribution in [1.82, 2.24) is 0 Å². The molecule has 0 spiro atoms. The van der Waals surface area contributed by atoms with Gasteiger partial charge in [0.1, 0.15) is 5.75 Å². The van der Waals surface area contributed by atoms with Crippen LogP contribution in [0.25, 0.3) is 0 Å². The summed E-state index contributed by atoms with van der Waals surface area (Å²) in [5.41, 5.74) is 7.09. The first-order chi connectivity index (χ1) is 5.77. The second kappa shape index (κ2) is 2.79. The summed E-state index contributed by atoms with van der Waals surface area (Å²) in [7, 11) is 0. The molecule has 0 bridgehead atoms. The molecule has 0 radical (unpaired) electrons. The molecule has 1 aliphatic heterocycles. The van der Waals surface area contributed by atoms with Crippen LogP contribution in [-0.4, -0.2) is 6.10 Å². The molecule has 1 heterocycles. The van der Waals surface area contributed by atoms with Crippen LogP contribution in [0.15, 0.2) is 24.3 Å². The van der Waals surface area contributed by atoms with Crippen molar-refractivity contribution in [2.75, 3.05) is 0 Å². The van der Waals surface area contributed by atoms with Crippen molar-refractivity contribution in [2.24, 2.45) is 5.73 Å². The lowest BCUT2D eigenvalue weighted by Gasteiger charge is -2.27. The lowest BCUT2D eigenvalue weighted by Crippen LogP contribution is -2.26. The highest BCUT2D eigenvalue weighted by atomic mass is 16.5. The van der Waals surface area contributed by atoms with Crippen LogP contribution in [0, 0.1) is 0 Å². The summed E-state index contributed by atoms with van der Waals surface area (Å²) in [5, 5.41) is 0. The summed E-state index contributed by atoms with van der Waals surface area (Å²) < 4.78 is 5.62. The van der Waals surface area contributed by atoms with E-state index in [1.54, 1.807) is 0 Å². The Hall–Kier alpha value is -1.02. The lowest BCUT2D eigenvalue weighted by atomic mass is 9.98. The zero-order valence-electron chi connectivity index (χ0n) is 7.16. The Balaban J connectivity index is 2.40. The number of nitrogens with two attached hydrogens (primary N) is 1. The molecule has 1 aliphatic rings. The quantitative estimate of drug-likeness (QED) is 0.633. The Morgan fingerprint density at radius 1 is 1.42 bits per heavy atom. The minimum absolute atomic E-state index is 0.143. The number of hydrogen-bond acceptors (Lipinski definition) is 2. The molecule has 0 fully saturated rings. The number of fused-ring (bicyclic) bond motifs is 1. The first-order valence-corrected chi connectivity index (χ1v) is 4.28. The monoisotopic (exact) mass is 163 g/mol. The van der Waals surface area contributed by atoms with Gasteiger partial charge in [-0.25, -0.2) is 0 Å². The third kappa shape index (κ3) is 1.18. The van der Waals surface area contributed by atoms with Crippen molar-refractivity contribution in [3.63, 3.8) is 0 Å². The Kier molecular flexibility index (Phi) is 1.77. The van der Waals surface area contributed by atoms with Gasteiger partial charge in [-0.2, -0.15) is 0 Å². The summed E-state index contributed by atoms with van der Waals surface area (Å²) in [6, 6.07) is 8.13. The van der Waals surface area contributed by atoms with Crippen LogP contribution >= 0.6 is 0 Å². The molecule has 0 saturated carbocycles. The number of benzene rings is 1. The average molecular weight is 163 g/mol. The number of rotatable bonds is 0. The minimum Gasteiger partial charge on any atom is -0.490 e. The Morgan fingerprint density at radius 2 is 2.17 bits per heavy atom. The van der Waals surface area contributed by atoms with Gasteiger partial charge in [-0.15, -0.1) is 0 Å². The van der Waals surface area contributed by atoms with Crippen molar-refractivity contribution < 1.29 is 4.74 Å². The first-order valence-electron chi connectivity index (χ1n) is 4.28. The number of ether oxygens (including phenoxy) is 1. The van der Waals surface area contributed by atoms with Gasteiger partial charge >= 0.3 is 0 Å². The van der Waals surface area contributed by atoms with Gasteiger partial charge in [0.25, 0.3) is 0 Å². The van der Waals surface area contributed by atoms with Crippen molar-refractivity contribution in [3.05, 3.63) is 29.8 Å². The smallest absolute Gasteiger partial charge is 0.124 e. The molecule has 2 atom stereocenters. The van der Waals surface area contributed by atoms with E-state index in [4.69, 9.17) is 10.5 Å². The zero-order valence-corrected chi connectivity index (χ0v) is 7.16. The third-order valence-corrected chi connectivity index (χ3v) is 2.23. The number of para-hydroxylation sites is 1. The molecule has 2 heteroatoms. The third-order valence-electron chi connectivity index (χ3n) is 2.23. The molecule has 0 amide bonds. The zero-order chi connectivity index (χ0) is 8.55. The van der Waals surface area contributed by atoms with Gasteiger partial charge in [0.05, 0.1) is 6.10 Å². The molecule has 0 saturated heterocycles. The fraction of sp³-hybridized carbons (Fsp3) is 0.400. The van der Waals surface area contributed by atoms with Crippen molar-refractivity contribution in [3.8, 4) is 5.75 Å². The molecule has 12 heavy (non-hydrogen) atoms. The van der Waals surface area contributed by atoms with Crippen molar-refractivity contribution in [1.29, 1.82) is 0 Å². The van der Waals surface area contributed by atoms with Crippen LogP contribution in [0.1, 0.15) is 24.9 Å². The summed E-state index contributed by atoms with van der Waals surface area (Å²) in [6.07, 6.45) is 1.16. The van der Waals surface area contributed by atoms with Gasteiger partial charge in [0.2, 0.25) is 0 Å². The predicted molar refractivity (Wildman–Crippen MR) is 48.1 cm³/mol. The molecule has 0 aromatic heterocycles. The van der Waals surface area contributed by atoms with Gasteiger partial charge in [-0.3, -0.25) is 0 Å². The van der Waals surface area contributed by atoms with E-state index in [1.165, 1.54) is 0 Å². The van der Waals surface area contributed by atoms with E-state index >= 15 is 0 Å². The molecule has 0 unspecified atom stereocenters. The standard InChI is InChI=1S/C10H13NO/c1-7-6-9(11)8-4-2-3-5-10(8)12-7/h2-5,7,9H,6,11H2,1H3/t7-,9+/m0/s1. The summed E-state index contributed by atoms with van der Waals surface area (Å²) in [5.74, 6) is 0.948. The van der Waals surface area contributed by atoms with E-state index in [2.05, 4.69) is 6.92 Å². The largest absolute Gasteiger partial charge is 0.490 e. The molecule has 2 nitrogen and oxygen atoms in total. The highest BCUT2D eigenvalue weighted by Crippen LogP contribution is 2.32. The fourth-order valence-corrected chi connectivity index (χ4v) is 1.64. The van der Waals surface area contributed by atoms with E-state index in [0.29, 0.717) is 0 Å². The van der Waals surface area contributed by atoms with Gasteiger partial charge in [0.15, 0.2) is 0 Å². The van der Waals surface area contributed by atoms with Crippen LogP contribution < -0.4 is 10.5 Å². The van der Waals surface area contributed by atoms with Gasteiger partial charge in [0, 0.05) is 18.0 Å². The molecule has 1 aromatic rings.